The molecule has 118 valence electrons. The summed E-state index contributed by atoms with van der Waals surface area (Å²) in [5.41, 5.74) is 2.05. The Bertz CT molecular complexity index is 407. The Balaban J connectivity index is 1.83. The molecule has 1 aromatic rings. The number of hydrogen-bond acceptors (Lipinski definition) is 1. The normalized spacial score (nSPS) is 26.8. The molecular formula is C20H32O. The lowest BCUT2D eigenvalue weighted by molar-refractivity contribution is 0.0290. The molecule has 1 aliphatic rings. The standard InChI is InChI=1S/C20H32O/c1-19(2,3)18-11-14-20(16-21,15-12-18)13-7-10-17-8-5-4-6-9-17/h4-6,8-9,18,21H,7,10-16H2,1-3H3. The van der Waals surface area contributed by atoms with Crippen LogP contribution in [0.4, 0.5) is 0 Å². The summed E-state index contributed by atoms with van der Waals surface area (Å²) in [5.74, 6) is 0.825. The van der Waals surface area contributed by atoms with Gasteiger partial charge in [0, 0.05) is 6.61 Å². The molecule has 0 atom stereocenters. The lowest BCUT2D eigenvalue weighted by atomic mass is 9.63. The van der Waals surface area contributed by atoms with Gasteiger partial charge in [-0.05, 0) is 67.3 Å². The molecule has 1 fully saturated rings. The van der Waals surface area contributed by atoms with E-state index in [1.165, 1.54) is 44.1 Å². The van der Waals surface area contributed by atoms with E-state index in [1.807, 2.05) is 0 Å². The van der Waals surface area contributed by atoms with E-state index in [0.717, 1.165) is 12.3 Å². The molecule has 0 aliphatic heterocycles. The highest BCUT2D eigenvalue weighted by molar-refractivity contribution is 5.14. The zero-order valence-corrected chi connectivity index (χ0v) is 14.1. The molecule has 0 radical (unpaired) electrons. The first kappa shape index (κ1) is 16.5. The number of rotatable bonds is 5. The van der Waals surface area contributed by atoms with E-state index in [0.29, 0.717) is 12.0 Å². The molecule has 0 unspecified atom stereocenters. The molecular weight excluding hydrogens is 256 g/mol. The maximum atomic E-state index is 9.93. The van der Waals surface area contributed by atoms with Gasteiger partial charge in [-0.25, -0.2) is 0 Å². The topological polar surface area (TPSA) is 20.2 Å². The highest BCUT2D eigenvalue weighted by Crippen LogP contribution is 2.47. The largest absolute Gasteiger partial charge is 0.396 e. The highest BCUT2D eigenvalue weighted by atomic mass is 16.3. The van der Waals surface area contributed by atoms with Gasteiger partial charge in [0.25, 0.3) is 0 Å². The fourth-order valence-electron chi connectivity index (χ4n) is 3.90. The molecule has 0 saturated heterocycles. The maximum absolute atomic E-state index is 9.93. The number of aliphatic hydroxyl groups excluding tert-OH is 1. The molecule has 21 heavy (non-hydrogen) atoms. The van der Waals surface area contributed by atoms with Crippen LogP contribution in [0, 0.1) is 16.7 Å². The van der Waals surface area contributed by atoms with Crippen LogP contribution < -0.4 is 0 Å². The lowest BCUT2D eigenvalue weighted by Crippen LogP contribution is -2.35. The van der Waals surface area contributed by atoms with E-state index in [1.54, 1.807) is 0 Å². The van der Waals surface area contributed by atoms with Crippen molar-refractivity contribution < 1.29 is 5.11 Å². The molecule has 0 aromatic heterocycles. The third kappa shape index (κ3) is 4.57. The van der Waals surface area contributed by atoms with Crippen molar-refractivity contribution >= 4 is 0 Å². The Morgan fingerprint density at radius 3 is 2.24 bits per heavy atom. The number of benzene rings is 1. The van der Waals surface area contributed by atoms with Gasteiger partial charge in [0.2, 0.25) is 0 Å². The lowest BCUT2D eigenvalue weighted by Gasteiger charge is -2.43. The van der Waals surface area contributed by atoms with E-state index in [9.17, 15) is 5.11 Å². The zero-order valence-electron chi connectivity index (χ0n) is 14.1. The first-order valence-electron chi connectivity index (χ1n) is 8.60. The van der Waals surface area contributed by atoms with Crippen LogP contribution in [0.3, 0.4) is 0 Å². The monoisotopic (exact) mass is 288 g/mol. The first-order valence-corrected chi connectivity index (χ1v) is 8.60. The molecule has 1 N–H and O–H groups in total. The minimum Gasteiger partial charge on any atom is -0.396 e. The second-order valence-corrected chi connectivity index (χ2v) is 8.14. The van der Waals surface area contributed by atoms with Gasteiger partial charge in [-0.15, -0.1) is 0 Å². The molecule has 0 amide bonds. The van der Waals surface area contributed by atoms with Gasteiger partial charge < -0.3 is 5.11 Å². The second-order valence-electron chi connectivity index (χ2n) is 8.14. The van der Waals surface area contributed by atoms with Crippen LogP contribution in [0.25, 0.3) is 0 Å². The van der Waals surface area contributed by atoms with Gasteiger partial charge in [0.15, 0.2) is 0 Å². The first-order chi connectivity index (χ1) is 9.95. The Labute approximate surface area is 130 Å². The van der Waals surface area contributed by atoms with Crippen LogP contribution in [0.5, 0.6) is 0 Å². The second kappa shape index (κ2) is 6.96. The summed E-state index contributed by atoms with van der Waals surface area (Å²) in [4.78, 5) is 0. The fourth-order valence-corrected chi connectivity index (χ4v) is 3.90. The third-order valence-corrected chi connectivity index (χ3v) is 5.62. The summed E-state index contributed by atoms with van der Waals surface area (Å²) >= 11 is 0. The number of aliphatic hydroxyl groups is 1. The average Bonchev–Trinajstić information content (AvgIpc) is 2.48. The molecule has 1 saturated carbocycles. The molecule has 1 aromatic carbocycles. The molecule has 0 spiro atoms. The molecule has 1 nitrogen and oxygen atoms in total. The van der Waals surface area contributed by atoms with E-state index in [4.69, 9.17) is 0 Å². The molecule has 0 bridgehead atoms. The molecule has 1 heteroatoms. The van der Waals surface area contributed by atoms with Crippen molar-refractivity contribution in [2.45, 2.75) is 65.7 Å². The summed E-state index contributed by atoms with van der Waals surface area (Å²) in [6, 6.07) is 10.7. The van der Waals surface area contributed by atoms with Crippen molar-refractivity contribution in [3.63, 3.8) is 0 Å². The van der Waals surface area contributed by atoms with Crippen molar-refractivity contribution in [1.82, 2.24) is 0 Å². The number of hydrogen-bond donors (Lipinski definition) is 1. The van der Waals surface area contributed by atoms with Gasteiger partial charge in [0.1, 0.15) is 0 Å². The quantitative estimate of drug-likeness (QED) is 0.787. The summed E-state index contributed by atoms with van der Waals surface area (Å²) in [6.45, 7) is 7.45. The molecule has 1 aliphatic carbocycles. The van der Waals surface area contributed by atoms with Crippen LogP contribution >= 0.6 is 0 Å². The van der Waals surface area contributed by atoms with Gasteiger partial charge in [0.05, 0.1) is 0 Å². The SMILES string of the molecule is CC(C)(C)C1CCC(CO)(CCCc2ccccc2)CC1. The minimum atomic E-state index is 0.205. The van der Waals surface area contributed by atoms with Crippen molar-refractivity contribution in [2.75, 3.05) is 6.61 Å². The maximum Gasteiger partial charge on any atom is 0.0487 e. The Hall–Kier alpha value is -0.820. The Morgan fingerprint density at radius 2 is 1.71 bits per heavy atom. The van der Waals surface area contributed by atoms with Crippen molar-refractivity contribution in [1.29, 1.82) is 0 Å². The zero-order chi connectivity index (χ0) is 15.3. The van der Waals surface area contributed by atoms with Crippen LogP contribution in [-0.4, -0.2) is 11.7 Å². The predicted molar refractivity (Wildman–Crippen MR) is 90.3 cm³/mol. The molecule has 2 rings (SSSR count). The van der Waals surface area contributed by atoms with Gasteiger partial charge in [-0.2, -0.15) is 0 Å². The Morgan fingerprint density at radius 1 is 1.10 bits per heavy atom. The van der Waals surface area contributed by atoms with E-state index < -0.39 is 0 Å². The van der Waals surface area contributed by atoms with E-state index >= 15 is 0 Å². The van der Waals surface area contributed by atoms with Gasteiger partial charge >= 0.3 is 0 Å². The van der Waals surface area contributed by atoms with Gasteiger partial charge in [-0.1, -0.05) is 51.1 Å². The Kier molecular flexibility index (Phi) is 5.48. The summed E-state index contributed by atoms with van der Waals surface area (Å²) in [7, 11) is 0. The van der Waals surface area contributed by atoms with Crippen LogP contribution in [0.2, 0.25) is 0 Å². The highest BCUT2D eigenvalue weighted by Gasteiger charge is 2.37. The predicted octanol–water partition coefficient (Wildman–Crippen LogP) is 5.22. The molecule has 0 heterocycles. The summed E-state index contributed by atoms with van der Waals surface area (Å²) in [6.07, 6.45) is 8.51. The fraction of sp³-hybridized carbons (Fsp3) is 0.700. The van der Waals surface area contributed by atoms with Crippen molar-refractivity contribution in [2.24, 2.45) is 16.7 Å². The number of aryl methyl sites for hydroxylation is 1. The van der Waals surface area contributed by atoms with Crippen molar-refractivity contribution in [3.8, 4) is 0 Å². The van der Waals surface area contributed by atoms with Crippen LogP contribution in [0.1, 0.15) is 64.9 Å². The minimum absolute atomic E-state index is 0.205. The smallest absolute Gasteiger partial charge is 0.0487 e. The third-order valence-electron chi connectivity index (χ3n) is 5.62. The van der Waals surface area contributed by atoms with Crippen LogP contribution in [-0.2, 0) is 6.42 Å². The van der Waals surface area contributed by atoms with E-state index in [-0.39, 0.29) is 5.41 Å². The van der Waals surface area contributed by atoms with E-state index in [2.05, 4.69) is 51.1 Å². The van der Waals surface area contributed by atoms with Crippen LogP contribution in [0.15, 0.2) is 30.3 Å². The summed E-state index contributed by atoms with van der Waals surface area (Å²) in [5, 5.41) is 9.93. The van der Waals surface area contributed by atoms with Gasteiger partial charge in [-0.3, -0.25) is 0 Å². The van der Waals surface area contributed by atoms with Crippen molar-refractivity contribution in [3.05, 3.63) is 35.9 Å². The average molecular weight is 288 g/mol. The summed E-state index contributed by atoms with van der Waals surface area (Å²) < 4.78 is 0.